The Balaban J connectivity index is 0.00000220. The maximum Gasteiger partial charge on any atom is 0.240 e. The molecular formula is C13H19ClF2N2O2S. The number of nitrogens with one attached hydrogen (secondary N) is 2. The summed E-state index contributed by atoms with van der Waals surface area (Å²) in [5, 5.41) is 3.21. The highest BCUT2D eigenvalue weighted by Gasteiger charge is 2.29. The lowest BCUT2D eigenvalue weighted by atomic mass is 9.83. The molecule has 8 heteroatoms. The van der Waals surface area contributed by atoms with Crippen LogP contribution in [0.25, 0.3) is 0 Å². The van der Waals surface area contributed by atoms with Gasteiger partial charge in [0.1, 0.15) is 11.6 Å². The first kappa shape index (κ1) is 18.3. The molecule has 2 N–H and O–H groups in total. The second kappa shape index (κ2) is 7.00. The third-order valence-electron chi connectivity index (χ3n) is 3.52. The molecule has 0 aromatic heterocycles. The molecule has 1 saturated heterocycles. The molecule has 21 heavy (non-hydrogen) atoms. The fourth-order valence-corrected chi connectivity index (χ4v) is 3.55. The number of sulfonamides is 1. The molecule has 1 aliphatic heterocycles. The highest BCUT2D eigenvalue weighted by Crippen LogP contribution is 2.25. The molecule has 1 atom stereocenters. The zero-order valence-corrected chi connectivity index (χ0v) is 13.3. The molecule has 1 fully saturated rings. The van der Waals surface area contributed by atoms with E-state index in [9.17, 15) is 17.2 Å². The first-order valence-corrected chi connectivity index (χ1v) is 7.96. The Morgan fingerprint density at radius 2 is 1.90 bits per heavy atom. The number of halogens is 3. The van der Waals surface area contributed by atoms with E-state index in [2.05, 4.69) is 10.0 Å². The number of piperidine rings is 1. The van der Waals surface area contributed by atoms with Crippen molar-refractivity contribution < 1.29 is 17.2 Å². The van der Waals surface area contributed by atoms with E-state index < -0.39 is 21.7 Å². The summed E-state index contributed by atoms with van der Waals surface area (Å²) in [5.74, 6) is -1.81. The monoisotopic (exact) mass is 340 g/mol. The van der Waals surface area contributed by atoms with Crippen LogP contribution in [0.4, 0.5) is 8.78 Å². The lowest BCUT2D eigenvalue weighted by Gasteiger charge is -2.34. The van der Waals surface area contributed by atoms with Gasteiger partial charge in [-0.2, -0.15) is 0 Å². The standard InChI is InChI=1S/C13H18F2N2O2S.ClH/c1-13(3-2-4-16-8-13)9-17-20(18,19)12-6-10(14)5-11(15)7-12;/h5-7,16-17H,2-4,8-9H2,1H3;1H. The van der Waals surface area contributed by atoms with Gasteiger partial charge in [-0.25, -0.2) is 21.9 Å². The molecule has 1 aromatic carbocycles. The van der Waals surface area contributed by atoms with Gasteiger partial charge in [0, 0.05) is 19.2 Å². The minimum atomic E-state index is -3.90. The number of rotatable bonds is 4. The lowest BCUT2D eigenvalue weighted by Crippen LogP contribution is -2.45. The van der Waals surface area contributed by atoms with Crippen LogP contribution in [-0.2, 0) is 10.0 Å². The van der Waals surface area contributed by atoms with Crippen LogP contribution in [0, 0.1) is 17.0 Å². The largest absolute Gasteiger partial charge is 0.316 e. The lowest BCUT2D eigenvalue weighted by molar-refractivity contribution is 0.238. The molecule has 4 nitrogen and oxygen atoms in total. The Morgan fingerprint density at radius 1 is 1.29 bits per heavy atom. The van der Waals surface area contributed by atoms with E-state index in [1.165, 1.54) is 0 Å². The number of hydrogen-bond acceptors (Lipinski definition) is 3. The molecule has 1 heterocycles. The predicted molar refractivity (Wildman–Crippen MR) is 79.0 cm³/mol. The molecule has 0 radical (unpaired) electrons. The van der Waals surface area contributed by atoms with E-state index in [0.717, 1.165) is 31.5 Å². The van der Waals surface area contributed by atoms with Crippen LogP contribution < -0.4 is 10.0 Å². The van der Waals surface area contributed by atoms with E-state index in [-0.39, 0.29) is 29.3 Å². The second-order valence-corrected chi connectivity index (χ2v) is 7.29. The van der Waals surface area contributed by atoms with Crippen molar-refractivity contribution in [1.82, 2.24) is 10.0 Å². The normalized spacial score (nSPS) is 22.6. The van der Waals surface area contributed by atoms with Gasteiger partial charge >= 0.3 is 0 Å². The summed E-state index contributed by atoms with van der Waals surface area (Å²) in [6.45, 7) is 3.86. The number of hydrogen-bond donors (Lipinski definition) is 2. The van der Waals surface area contributed by atoms with Gasteiger partial charge in [-0.3, -0.25) is 0 Å². The van der Waals surface area contributed by atoms with Gasteiger partial charge in [-0.1, -0.05) is 6.92 Å². The topological polar surface area (TPSA) is 58.2 Å². The minimum Gasteiger partial charge on any atom is -0.316 e. The molecule has 2 rings (SSSR count). The summed E-state index contributed by atoms with van der Waals surface area (Å²) >= 11 is 0. The van der Waals surface area contributed by atoms with Crippen LogP contribution in [0.3, 0.4) is 0 Å². The van der Waals surface area contributed by atoms with E-state index in [1.807, 2.05) is 6.92 Å². The van der Waals surface area contributed by atoms with Crippen molar-refractivity contribution >= 4 is 22.4 Å². The van der Waals surface area contributed by atoms with Gasteiger partial charge in [0.25, 0.3) is 0 Å². The molecule has 120 valence electrons. The number of benzene rings is 1. The summed E-state index contributed by atoms with van der Waals surface area (Å²) < 4.78 is 52.7. The van der Waals surface area contributed by atoms with Crippen molar-refractivity contribution in [2.75, 3.05) is 19.6 Å². The summed E-state index contributed by atoms with van der Waals surface area (Å²) in [7, 11) is -3.90. The highest BCUT2D eigenvalue weighted by atomic mass is 35.5. The maximum absolute atomic E-state index is 13.1. The van der Waals surface area contributed by atoms with Gasteiger partial charge in [0.15, 0.2) is 0 Å². The van der Waals surface area contributed by atoms with Crippen molar-refractivity contribution in [1.29, 1.82) is 0 Å². The molecule has 0 spiro atoms. The third-order valence-corrected chi connectivity index (χ3v) is 4.90. The Labute approximate surface area is 129 Å². The molecule has 1 unspecified atom stereocenters. The highest BCUT2D eigenvalue weighted by molar-refractivity contribution is 7.89. The molecule has 0 bridgehead atoms. The van der Waals surface area contributed by atoms with Crippen molar-refractivity contribution in [2.45, 2.75) is 24.7 Å². The van der Waals surface area contributed by atoms with Gasteiger partial charge in [-0.15, -0.1) is 12.4 Å². The van der Waals surface area contributed by atoms with Crippen LogP contribution in [0.5, 0.6) is 0 Å². The molecule has 0 amide bonds. The Hall–Kier alpha value is -0.760. The third kappa shape index (κ3) is 4.88. The minimum absolute atomic E-state index is 0. The quantitative estimate of drug-likeness (QED) is 0.882. The summed E-state index contributed by atoms with van der Waals surface area (Å²) in [4.78, 5) is -0.387. The van der Waals surface area contributed by atoms with Crippen molar-refractivity contribution in [3.8, 4) is 0 Å². The fourth-order valence-electron chi connectivity index (χ4n) is 2.31. The average Bonchev–Trinajstić information content (AvgIpc) is 2.37. The predicted octanol–water partition coefficient (Wildman–Crippen LogP) is 2.05. The first-order valence-electron chi connectivity index (χ1n) is 6.47. The van der Waals surface area contributed by atoms with Gasteiger partial charge in [-0.05, 0) is 36.9 Å². The molecule has 1 aliphatic rings. The van der Waals surface area contributed by atoms with Crippen molar-refractivity contribution in [2.24, 2.45) is 5.41 Å². The van der Waals surface area contributed by atoms with Crippen LogP contribution >= 0.6 is 12.4 Å². The molecule has 0 saturated carbocycles. The summed E-state index contributed by atoms with van der Waals surface area (Å²) in [6.07, 6.45) is 1.88. The first-order chi connectivity index (χ1) is 9.31. The molecule has 1 aromatic rings. The maximum atomic E-state index is 13.1. The Bertz CT molecular complexity index is 570. The van der Waals surface area contributed by atoms with E-state index >= 15 is 0 Å². The average molecular weight is 341 g/mol. The molecular weight excluding hydrogens is 322 g/mol. The van der Waals surface area contributed by atoms with Crippen LogP contribution in [-0.4, -0.2) is 28.1 Å². The van der Waals surface area contributed by atoms with Gasteiger partial charge in [0.05, 0.1) is 4.90 Å². The Morgan fingerprint density at radius 3 is 2.43 bits per heavy atom. The molecule has 0 aliphatic carbocycles. The summed E-state index contributed by atoms with van der Waals surface area (Å²) in [5.41, 5.74) is -0.183. The van der Waals surface area contributed by atoms with Crippen LogP contribution in [0.1, 0.15) is 19.8 Å². The second-order valence-electron chi connectivity index (χ2n) is 5.52. The zero-order chi connectivity index (χ0) is 14.8. The zero-order valence-electron chi connectivity index (χ0n) is 11.7. The SMILES string of the molecule is CC1(CNS(=O)(=O)c2cc(F)cc(F)c2)CCCNC1.Cl. The summed E-state index contributed by atoms with van der Waals surface area (Å²) in [6, 6.07) is 2.27. The Kier molecular flexibility index (Phi) is 6.10. The van der Waals surface area contributed by atoms with Crippen molar-refractivity contribution in [3.63, 3.8) is 0 Å². The fraction of sp³-hybridized carbons (Fsp3) is 0.538. The van der Waals surface area contributed by atoms with Crippen LogP contribution in [0.15, 0.2) is 23.1 Å². The van der Waals surface area contributed by atoms with E-state index in [0.29, 0.717) is 12.6 Å². The van der Waals surface area contributed by atoms with E-state index in [4.69, 9.17) is 0 Å². The van der Waals surface area contributed by atoms with E-state index in [1.54, 1.807) is 0 Å². The van der Waals surface area contributed by atoms with Crippen molar-refractivity contribution in [3.05, 3.63) is 29.8 Å². The van der Waals surface area contributed by atoms with Crippen LogP contribution in [0.2, 0.25) is 0 Å². The van der Waals surface area contributed by atoms with Gasteiger partial charge in [0.2, 0.25) is 10.0 Å². The van der Waals surface area contributed by atoms with Gasteiger partial charge < -0.3 is 5.32 Å². The smallest absolute Gasteiger partial charge is 0.240 e.